The van der Waals surface area contributed by atoms with Gasteiger partial charge in [0.2, 0.25) is 0 Å². The molecule has 3 atom stereocenters. The molecule has 4 rings (SSSR count). The Morgan fingerprint density at radius 2 is 1.40 bits per heavy atom. The minimum Gasteiger partial charge on any atom is -0.501 e. The molecule has 12 nitrogen and oxygen atoms in total. The first-order valence-electron chi connectivity index (χ1n) is 21.0. The number of ether oxygens (including phenoxy) is 4. The Kier molecular flexibility index (Phi) is 28.1. The summed E-state index contributed by atoms with van der Waals surface area (Å²) in [6.45, 7) is 23.8. The second-order valence-electron chi connectivity index (χ2n) is 13.6. The van der Waals surface area contributed by atoms with Crippen molar-refractivity contribution in [3.63, 3.8) is 0 Å². The number of benzene rings is 2. The molecular weight excluding hydrogens is 723 g/mol. The molecule has 57 heavy (non-hydrogen) atoms. The summed E-state index contributed by atoms with van der Waals surface area (Å²) in [6.07, 6.45) is 8.15. The molecule has 0 amide bonds. The molecule has 0 spiro atoms. The van der Waals surface area contributed by atoms with Gasteiger partial charge in [-0.1, -0.05) is 78.3 Å². The van der Waals surface area contributed by atoms with E-state index in [1.165, 1.54) is 25.8 Å². The Morgan fingerprint density at radius 1 is 0.842 bits per heavy atom. The van der Waals surface area contributed by atoms with Crippen LogP contribution in [-0.2, 0) is 18.9 Å². The number of carbonyl (C=O) groups is 2. The third-order valence-electron chi connectivity index (χ3n) is 9.81. The number of nitrogen functional groups attached to an aromatic ring is 1. The fourth-order valence-electron chi connectivity index (χ4n) is 6.15. The van der Waals surface area contributed by atoms with Crippen LogP contribution in [0.3, 0.4) is 0 Å². The predicted octanol–water partition coefficient (Wildman–Crippen LogP) is 6.75. The number of esters is 2. The van der Waals surface area contributed by atoms with Crippen LogP contribution in [0.2, 0.25) is 0 Å². The number of likely N-dealkylation sites (N-methyl/N-ethyl adjacent to an activating group) is 2. The van der Waals surface area contributed by atoms with Crippen molar-refractivity contribution in [2.24, 2.45) is 5.73 Å². The van der Waals surface area contributed by atoms with Gasteiger partial charge in [0.1, 0.15) is 12.4 Å². The topological polar surface area (TPSA) is 153 Å². The van der Waals surface area contributed by atoms with Gasteiger partial charge in [0.15, 0.2) is 6.29 Å². The van der Waals surface area contributed by atoms with Gasteiger partial charge < -0.3 is 50.2 Å². The number of hydrogen-bond acceptors (Lipinski definition) is 12. The van der Waals surface area contributed by atoms with Crippen molar-refractivity contribution >= 4 is 17.6 Å². The van der Waals surface area contributed by atoms with Crippen LogP contribution in [-0.4, -0.2) is 129 Å². The molecular formula is C45H75N5O7. The van der Waals surface area contributed by atoms with Gasteiger partial charge in [-0.25, -0.2) is 9.59 Å². The van der Waals surface area contributed by atoms with Crippen LogP contribution in [0.5, 0.6) is 0 Å². The maximum atomic E-state index is 11.7. The predicted molar refractivity (Wildman–Crippen MR) is 232 cm³/mol. The van der Waals surface area contributed by atoms with E-state index in [-0.39, 0.29) is 18.0 Å². The Labute approximate surface area is 344 Å². The third-order valence-corrected chi connectivity index (χ3v) is 9.81. The number of methoxy groups -OCH3 is 1. The van der Waals surface area contributed by atoms with Gasteiger partial charge in [-0.3, -0.25) is 0 Å². The highest BCUT2D eigenvalue weighted by Crippen LogP contribution is 2.22. The molecule has 1 heterocycles. The summed E-state index contributed by atoms with van der Waals surface area (Å²) in [4.78, 5) is 30.3. The lowest BCUT2D eigenvalue weighted by Gasteiger charge is -2.33. The molecule has 1 aliphatic heterocycles. The second kappa shape index (κ2) is 31.2. The maximum absolute atomic E-state index is 11.7. The zero-order valence-corrected chi connectivity index (χ0v) is 36.3. The van der Waals surface area contributed by atoms with Crippen LogP contribution in [0.25, 0.3) is 0 Å². The van der Waals surface area contributed by atoms with E-state index in [1.807, 2.05) is 38.1 Å². The number of aliphatic hydroxyl groups excluding tert-OH is 1. The molecule has 0 radical (unpaired) electrons. The number of rotatable bonds is 19. The Balaban J connectivity index is 0.000000419. The van der Waals surface area contributed by atoms with Gasteiger partial charge in [0.25, 0.3) is 0 Å². The first-order valence-corrected chi connectivity index (χ1v) is 21.0. The standard InChI is InChI=1S/C16H23NO2.C14H26N2O3.C13H20N2O2.C2H6/c1-14-8-5-6-11-17(14)12-7-13-19-16(18)15-9-3-2-4-10-15;1-4-16(5-2)8-9-19-14(17)12-7-6-11(15)10-13(12)18-3;1-3-15(4-2)9-10-17-13(16)11-5-7-12(14)8-6-11;1-2/h2-4,9-10,14H,5-8,11-13H2,1H3;6-7,11,14,17H,4-5,8-10,15H2,1-3H3;5-8H,3-4,9-10,14H2,1-2H3;1-2H3. The maximum Gasteiger partial charge on any atom is 0.338 e. The Hall–Kier alpha value is -3.78. The summed E-state index contributed by atoms with van der Waals surface area (Å²) in [5.74, 6) is 0.190. The van der Waals surface area contributed by atoms with Crippen LogP contribution in [0.15, 0.2) is 78.1 Å². The molecule has 0 aromatic heterocycles. The highest BCUT2D eigenvalue weighted by atomic mass is 16.6. The summed E-state index contributed by atoms with van der Waals surface area (Å²) >= 11 is 0. The molecule has 12 heteroatoms. The zero-order valence-electron chi connectivity index (χ0n) is 36.3. The molecule has 1 saturated heterocycles. The van der Waals surface area contributed by atoms with Crippen molar-refractivity contribution in [3.8, 4) is 0 Å². The zero-order chi connectivity index (χ0) is 42.4. The van der Waals surface area contributed by atoms with Crippen molar-refractivity contribution in [2.45, 2.75) is 98.9 Å². The van der Waals surface area contributed by atoms with Crippen molar-refractivity contribution in [2.75, 3.05) is 85.0 Å². The normalized spacial score (nSPS) is 17.0. The average Bonchev–Trinajstić information content (AvgIpc) is 3.24. The fourth-order valence-corrected chi connectivity index (χ4v) is 6.15. The molecule has 5 N–H and O–H groups in total. The van der Waals surface area contributed by atoms with Crippen molar-refractivity contribution in [1.29, 1.82) is 0 Å². The molecule has 3 unspecified atom stereocenters. The summed E-state index contributed by atoms with van der Waals surface area (Å²) in [7, 11) is 1.59. The van der Waals surface area contributed by atoms with Gasteiger partial charge in [0, 0.05) is 49.4 Å². The quantitative estimate of drug-likeness (QED) is 0.0597. The number of carbonyl (C=O) groups excluding carboxylic acids is 2. The Morgan fingerprint density at radius 3 is 1.96 bits per heavy atom. The van der Waals surface area contributed by atoms with E-state index >= 15 is 0 Å². The van der Waals surface area contributed by atoms with Crippen LogP contribution < -0.4 is 11.5 Å². The molecule has 322 valence electrons. The van der Waals surface area contributed by atoms with E-state index in [0.29, 0.717) is 60.4 Å². The molecule has 0 bridgehead atoms. The van der Waals surface area contributed by atoms with E-state index in [0.717, 1.165) is 52.2 Å². The smallest absolute Gasteiger partial charge is 0.338 e. The highest BCUT2D eigenvalue weighted by molar-refractivity contribution is 5.90. The fraction of sp³-hybridized carbons (Fsp3) is 0.600. The first-order chi connectivity index (χ1) is 27.6. The minimum atomic E-state index is -0.950. The summed E-state index contributed by atoms with van der Waals surface area (Å²) in [5.41, 5.74) is 13.8. The molecule has 2 aromatic carbocycles. The van der Waals surface area contributed by atoms with E-state index in [9.17, 15) is 14.7 Å². The molecule has 1 aliphatic carbocycles. The monoisotopic (exact) mass is 798 g/mol. The van der Waals surface area contributed by atoms with Crippen molar-refractivity contribution < 1.29 is 33.6 Å². The van der Waals surface area contributed by atoms with Gasteiger partial charge in [-0.15, -0.1) is 0 Å². The molecule has 2 aliphatic rings. The number of anilines is 1. The number of hydrogen-bond donors (Lipinski definition) is 3. The SMILES string of the molecule is CC.CC1CCCCN1CCCOC(=O)c1ccccc1.CCN(CC)CCOC(=O)c1ccc(N)cc1.CCN(CC)CCOC(O)C1=C(OC)CC(N)C=C1. The van der Waals surface area contributed by atoms with Crippen LogP contribution in [0.4, 0.5) is 5.69 Å². The number of likely N-dealkylation sites (tertiary alicyclic amines) is 1. The number of aliphatic hydroxyl groups is 1. The summed E-state index contributed by atoms with van der Waals surface area (Å²) in [6, 6.07) is 16.5. The summed E-state index contributed by atoms with van der Waals surface area (Å²) in [5, 5.41) is 10.0. The van der Waals surface area contributed by atoms with Gasteiger partial charge in [-0.2, -0.15) is 0 Å². The lowest BCUT2D eigenvalue weighted by molar-refractivity contribution is -0.0770. The van der Waals surface area contributed by atoms with E-state index < -0.39 is 6.29 Å². The van der Waals surface area contributed by atoms with Crippen LogP contribution in [0, 0.1) is 0 Å². The van der Waals surface area contributed by atoms with Crippen LogP contribution in [0.1, 0.15) is 101 Å². The van der Waals surface area contributed by atoms with Gasteiger partial charge >= 0.3 is 11.9 Å². The number of piperidine rings is 1. The Bertz CT molecular complexity index is 1400. The average molecular weight is 798 g/mol. The minimum absolute atomic E-state index is 0.0541. The number of nitrogens with zero attached hydrogens (tertiary/aromatic N) is 3. The lowest BCUT2D eigenvalue weighted by Crippen LogP contribution is -2.38. The number of nitrogens with two attached hydrogens (primary N) is 2. The van der Waals surface area contributed by atoms with Crippen LogP contribution >= 0.6 is 0 Å². The third kappa shape index (κ3) is 21.0. The first kappa shape index (κ1) is 51.2. The van der Waals surface area contributed by atoms with E-state index in [2.05, 4.69) is 49.3 Å². The molecule has 1 fully saturated rings. The van der Waals surface area contributed by atoms with Gasteiger partial charge in [-0.05, 0) is 95.3 Å². The van der Waals surface area contributed by atoms with E-state index in [1.54, 1.807) is 49.6 Å². The van der Waals surface area contributed by atoms with E-state index in [4.69, 9.17) is 30.4 Å². The summed E-state index contributed by atoms with van der Waals surface area (Å²) < 4.78 is 21.2. The second-order valence-corrected chi connectivity index (χ2v) is 13.6. The lowest BCUT2D eigenvalue weighted by atomic mass is 10.0. The largest absolute Gasteiger partial charge is 0.501 e. The highest BCUT2D eigenvalue weighted by Gasteiger charge is 2.21. The van der Waals surface area contributed by atoms with Gasteiger partial charge in [0.05, 0.1) is 31.5 Å². The molecule has 0 saturated carbocycles. The molecule has 2 aromatic rings. The van der Waals surface area contributed by atoms with Crippen molar-refractivity contribution in [3.05, 3.63) is 89.2 Å². The van der Waals surface area contributed by atoms with Crippen molar-refractivity contribution in [1.82, 2.24) is 14.7 Å².